The summed E-state index contributed by atoms with van der Waals surface area (Å²) in [5.74, 6) is 3.40. The van der Waals surface area contributed by atoms with E-state index in [1.54, 1.807) is 17.1 Å². The first-order valence-electron chi connectivity index (χ1n) is 10.1. The molecule has 8 nitrogen and oxygen atoms in total. The van der Waals surface area contributed by atoms with Crippen LogP contribution in [0.1, 0.15) is 25.5 Å². The molecule has 1 saturated heterocycles. The minimum absolute atomic E-state index is 0.274. The first-order valence-corrected chi connectivity index (χ1v) is 10.1. The second-order valence-electron chi connectivity index (χ2n) is 7.48. The molecule has 2 aromatic rings. The lowest BCUT2D eigenvalue weighted by Gasteiger charge is -2.41. The number of aryl methyl sites for hydroxylation is 1. The molecule has 5 rings (SSSR count). The molecule has 0 radical (unpaired) electrons. The van der Waals surface area contributed by atoms with E-state index in [1.807, 2.05) is 31.3 Å². The Morgan fingerprint density at radius 3 is 2.93 bits per heavy atom. The second kappa shape index (κ2) is 7.29. The molecule has 0 aromatic carbocycles. The highest BCUT2D eigenvalue weighted by molar-refractivity contribution is 5.94. The van der Waals surface area contributed by atoms with Gasteiger partial charge in [-0.05, 0) is 24.6 Å². The number of nitrogens with one attached hydrogen (secondary N) is 1. The van der Waals surface area contributed by atoms with Crippen LogP contribution in [0.25, 0.3) is 5.57 Å². The first kappa shape index (κ1) is 18.4. The Balaban J connectivity index is 1.48. The molecule has 30 heavy (non-hydrogen) atoms. The Morgan fingerprint density at radius 1 is 1.23 bits per heavy atom. The zero-order valence-corrected chi connectivity index (χ0v) is 17.0. The number of nitrogens with zero attached hydrogens (tertiary/aromatic N) is 6. The number of hydrogen-bond donors (Lipinski definition) is 1. The third-order valence-electron chi connectivity index (χ3n) is 5.31. The molecule has 1 atom stereocenters. The van der Waals surface area contributed by atoms with Crippen molar-refractivity contribution in [1.29, 1.82) is 0 Å². The van der Waals surface area contributed by atoms with E-state index in [0.717, 1.165) is 53.0 Å². The van der Waals surface area contributed by atoms with E-state index >= 15 is 0 Å². The fourth-order valence-electron chi connectivity index (χ4n) is 3.88. The highest BCUT2D eigenvalue weighted by atomic mass is 16.5. The summed E-state index contributed by atoms with van der Waals surface area (Å²) in [6, 6.07) is 3.76. The van der Waals surface area contributed by atoms with Gasteiger partial charge in [-0.15, -0.1) is 0 Å². The lowest BCUT2D eigenvalue weighted by Crippen LogP contribution is -2.44. The molecule has 0 spiro atoms. The minimum atomic E-state index is 0.274. The number of anilines is 2. The monoisotopic (exact) mass is 401 g/mol. The van der Waals surface area contributed by atoms with Crippen LogP contribution in [0, 0.1) is 5.92 Å². The molecule has 3 aliphatic heterocycles. The van der Waals surface area contributed by atoms with Crippen LogP contribution >= 0.6 is 0 Å². The van der Waals surface area contributed by atoms with Gasteiger partial charge in [-0.3, -0.25) is 9.58 Å². The van der Waals surface area contributed by atoms with Crippen LogP contribution in [0.5, 0.6) is 0 Å². The second-order valence-corrected chi connectivity index (χ2v) is 7.48. The van der Waals surface area contributed by atoms with Crippen molar-refractivity contribution in [3.8, 4) is 0 Å². The average molecular weight is 401 g/mol. The van der Waals surface area contributed by atoms with Gasteiger partial charge < -0.3 is 10.1 Å². The van der Waals surface area contributed by atoms with E-state index in [9.17, 15) is 0 Å². The highest BCUT2D eigenvalue weighted by Crippen LogP contribution is 2.38. The van der Waals surface area contributed by atoms with E-state index in [2.05, 4.69) is 44.9 Å². The summed E-state index contributed by atoms with van der Waals surface area (Å²) in [6.45, 7) is 6.89. The maximum absolute atomic E-state index is 6.13. The third-order valence-corrected chi connectivity index (χ3v) is 5.31. The van der Waals surface area contributed by atoms with Crippen molar-refractivity contribution in [3.05, 3.63) is 72.3 Å². The minimum Gasteiger partial charge on any atom is -0.478 e. The molecule has 0 bridgehead atoms. The van der Waals surface area contributed by atoms with Gasteiger partial charge in [0.2, 0.25) is 5.95 Å². The van der Waals surface area contributed by atoms with Gasteiger partial charge in [0.05, 0.1) is 35.8 Å². The Labute approximate surface area is 175 Å². The molecular weight excluding hydrogens is 378 g/mol. The molecule has 0 saturated carbocycles. The number of aliphatic imine (C=N–C) groups is 1. The van der Waals surface area contributed by atoms with Crippen molar-refractivity contribution in [2.45, 2.75) is 19.8 Å². The largest absolute Gasteiger partial charge is 0.478 e. The Morgan fingerprint density at radius 2 is 2.13 bits per heavy atom. The molecule has 0 amide bonds. The number of aromatic nitrogens is 4. The fourth-order valence-corrected chi connectivity index (χ4v) is 3.88. The van der Waals surface area contributed by atoms with Crippen LogP contribution < -0.4 is 5.32 Å². The van der Waals surface area contributed by atoms with Gasteiger partial charge in [-0.1, -0.05) is 19.9 Å². The Kier molecular flexibility index (Phi) is 4.46. The van der Waals surface area contributed by atoms with Crippen molar-refractivity contribution in [1.82, 2.24) is 24.6 Å². The number of amidine groups is 1. The third kappa shape index (κ3) is 3.20. The summed E-state index contributed by atoms with van der Waals surface area (Å²) in [7, 11) is 1.86. The summed E-state index contributed by atoms with van der Waals surface area (Å²) in [5, 5.41) is 7.36. The lowest BCUT2D eigenvalue weighted by molar-refractivity contribution is 0.108. The van der Waals surface area contributed by atoms with E-state index in [-0.39, 0.29) is 5.92 Å². The van der Waals surface area contributed by atoms with Crippen LogP contribution in [0.15, 0.2) is 71.6 Å². The summed E-state index contributed by atoms with van der Waals surface area (Å²) in [5.41, 5.74) is 3.51. The molecule has 1 N–H and O–H groups in total. The van der Waals surface area contributed by atoms with E-state index < -0.39 is 0 Å². The van der Waals surface area contributed by atoms with Crippen LogP contribution in [0.2, 0.25) is 0 Å². The van der Waals surface area contributed by atoms with Crippen LogP contribution in [0.3, 0.4) is 0 Å². The summed E-state index contributed by atoms with van der Waals surface area (Å²) in [4.78, 5) is 15.8. The van der Waals surface area contributed by atoms with Gasteiger partial charge in [0.1, 0.15) is 11.7 Å². The molecular formula is C22H23N7O. The molecule has 1 fully saturated rings. The van der Waals surface area contributed by atoms with Crippen molar-refractivity contribution in [3.63, 3.8) is 0 Å². The van der Waals surface area contributed by atoms with Crippen LogP contribution in [0.4, 0.5) is 11.8 Å². The van der Waals surface area contributed by atoms with Gasteiger partial charge in [0, 0.05) is 31.0 Å². The van der Waals surface area contributed by atoms with Crippen molar-refractivity contribution in [2.75, 3.05) is 11.9 Å². The molecule has 1 unspecified atom stereocenters. The van der Waals surface area contributed by atoms with Gasteiger partial charge >= 0.3 is 0 Å². The number of hydrogen-bond acceptors (Lipinski definition) is 7. The van der Waals surface area contributed by atoms with E-state index in [4.69, 9.17) is 9.73 Å². The number of allylic oxidation sites excluding steroid dienone is 4. The molecule has 0 aliphatic carbocycles. The fraction of sp³-hybridized carbons (Fsp3) is 0.273. The average Bonchev–Trinajstić information content (AvgIpc) is 3.14. The first-order chi connectivity index (χ1) is 14.6. The zero-order chi connectivity index (χ0) is 20.7. The standard InChI is InChI=1S/C22H23N7O/c1-4-5-15-13-30-20-12-16(11-17-10-14(2)25-21(15)29(17)20)18-6-8-23-22(26-18)27-19-7-9-24-28(19)3/h6-12,15H,2,4-5,13H2,1,3H3,(H,23,26,27). The molecule has 152 valence electrons. The van der Waals surface area contributed by atoms with Gasteiger partial charge in [-0.25, -0.2) is 15.0 Å². The number of ether oxygens (including phenoxy) is 1. The van der Waals surface area contributed by atoms with E-state index in [1.165, 1.54) is 0 Å². The quantitative estimate of drug-likeness (QED) is 0.822. The molecule has 8 heteroatoms. The van der Waals surface area contributed by atoms with Gasteiger partial charge in [0.25, 0.3) is 0 Å². The SMILES string of the molecule is C=C1C=C2C=C(c3ccnc(Nc4ccnn4C)n3)C=C3OCC(CCC)C(=N1)N23. The topological polar surface area (TPSA) is 80.5 Å². The molecule has 3 aliphatic rings. The van der Waals surface area contributed by atoms with Gasteiger partial charge in [-0.2, -0.15) is 5.10 Å². The maximum atomic E-state index is 6.13. The lowest BCUT2D eigenvalue weighted by atomic mass is 9.96. The summed E-state index contributed by atoms with van der Waals surface area (Å²) < 4.78 is 7.86. The highest BCUT2D eigenvalue weighted by Gasteiger charge is 2.36. The predicted molar refractivity (Wildman–Crippen MR) is 115 cm³/mol. The van der Waals surface area contributed by atoms with Gasteiger partial charge in [0.15, 0.2) is 5.88 Å². The summed E-state index contributed by atoms with van der Waals surface area (Å²) >= 11 is 0. The van der Waals surface area contributed by atoms with Crippen molar-refractivity contribution >= 4 is 23.2 Å². The number of rotatable bonds is 5. The van der Waals surface area contributed by atoms with E-state index in [0.29, 0.717) is 12.6 Å². The van der Waals surface area contributed by atoms with Crippen molar-refractivity contribution < 1.29 is 4.74 Å². The van der Waals surface area contributed by atoms with Crippen LogP contribution in [-0.4, -0.2) is 37.1 Å². The maximum Gasteiger partial charge on any atom is 0.228 e. The Hall–Kier alpha value is -3.68. The Bertz CT molecular complexity index is 1140. The normalized spacial score (nSPS) is 19.9. The molecule has 2 aromatic heterocycles. The zero-order valence-electron chi connectivity index (χ0n) is 17.0. The van der Waals surface area contributed by atoms with Crippen LogP contribution in [-0.2, 0) is 11.8 Å². The van der Waals surface area contributed by atoms with Crippen molar-refractivity contribution in [2.24, 2.45) is 18.0 Å². The molecule has 5 heterocycles. The predicted octanol–water partition coefficient (Wildman–Crippen LogP) is 3.75. The summed E-state index contributed by atoms with van der Waals surface area (Å²) in [6.07, 6.45) is 11.7. The smallest absolute Gasteiger partial charge is 0.228 e.